The van der Waals surface area contributed by atoms with Crippen LogP contribution in [0.25, 0.3) is 44.4 Å². The number of benzene rings is 8. The van der Waals surface area contributed by atoms with E-state index < -0.39 is 0 Å². The molecular weight excluding hydrogens is 1350 g/mol. The summed E-state index contributed by atoms with van der Waals surface area (Å²) in [6.07, 6.45) is 0. The van der Waals surface area contributed by atoms with Crippen molar-refractivity contribution >= 4 is 44.4 Å². The Kier molecular flexibility index (Phi) is 13.9. The highest BCUT2D eigenvalue weighted by Crippen LogP contribution is 2.68. The Bertz CT molecular complexity index is 5610. The monoisotopic (exact) mass is 1460 g/mol. The zero-order valence-electron chi connectivity index (χ0n) is 70.7. The predicted molar refractivity (Wildman–Crippen MR) is 467 cm³/mol. The minimum absolute atomic E-state index is 0.0519. The van der Waals surface area contributed by atoms with Crippen molar-refractivity contribution in [1.29, 1.82) is 0 Å². The van der Waals surface area contributed by atoms with E-state index in [-0.39, 0.29) is 90.7 Å². The maximum Gasteiger partial charge on any atom is 0.0703 e. The molecule has 0 saturated carbocycles. The molecule has 0 saturated heterocycles. The Morgan fingerprint density at radius 2 is 0.321 bits per heavy atom. The molecule has 2 N–H and O–H groups in total. The number of hydrogen-bond donors (Lipinski definition) is 2. The molecule has 8 atom stereocenters. The Hall–Kier alpha value is -9.64. The minimum atomic E-state index is -0.0640. The maximum atomic E-state index is 6.42. The maximum absolute atomic E-state index is 6.42. The van der Waals surface area contributed by atoms with Crippen LogP contribution in [0, 0.1) is 0 Å². The Morgan fingerprint density at radius 3 is 0.473 bits per heavy atom. The number of nitrogens with one attached hydrogen (secondary N) is 2. The second-order valence-electron chi connectivity index (χ2n) is 43.8. The van der Waals surface area contributed by atoms with E-state index in [0.717, 1.165) is 44.8 Å². The number of aromatic amines is 2. The van der Waals surface area contributed by atoms with Gasteiger partial charge in [-0.3, -0.25) is 0 Å². The molecule has 0 amide bonds. The second kappa shape index (κ2) is 22.2. The largest absolute Gasteiger partial charge is 0.355 e. The lowest BCUT2D eigenvalue weighted by molar-refractivity contribution is 0.584. The van der Waals surface area contributed by atoms with E-state index in [4.69, 9.17) is 9.97 Å². The van der Waals surface area contributed by atoms with Crippen molar-refractivity contribution in [3.63, 3.8) is 0 Å². The van der Waals surface area contributed by atoms with Gasteiger partial charge >= 0.3 is 0 Å². The van der Waals surface area contributed by atoms with E-state index in [2.05, 4.69) is 346 Å². The highest BCUT2D eigenvalue weighted by molar-refractivity contribution is 6.08. The molecule has 0 spiro atoms. The van der Waals surface area contributed by atoms with Crippen LogP contribution in [0.2, 0.25) is 0 Å². The smallest absolute Gasteiger partial charge is 0.0703 e. The molecule has 4 heteroatoms. The van der Waals surface area contributed by atoms with Crippen LogP contribution in [-0.4, -0.2) is 19.9 Å². The predicted octanol–water partition coefficient (Wildman–Crippen LogP) is 27.1. The fourth-order valence-corrected chi connectivity index (χ4v) is 22.4. The third kappa shape index (κ3) is 9.78. The molecular formula is C108H110N4. The third-order valence-corrected chi connectivity index (χ3v) is 28.5. The summed E-state index contributed by atoms with van der Waals surface area (Å²) in [7, 11) is 0. The highest BCUT2D eigenvalue weighted by atomic mass is 14.8. The first-order valence-electron chi connectivity index (χ1n) is 42.0. The van der Waals surface area contributed by atoms with Crippen molar-refractivity contribution in [2.75, 3.05) is 0 Å². The van der Waals surface area contributed by atoms with Crippen LogP contribution in [0.15, 0.2) is 170 Å². The van der Waals surface area contributed by atoms with Crippen molar-refractivity contribution < 1.29 is 0 Å². The van der Waals surface area contributed by atoms with Gasteiger partial charge in [0.15, 0.2) is 0 Å². The average molecular weight is 1460 g/mol. The molecule has 4 nitrogen and oxygen atoms in total. The highest BCUT2D eigenvalue weighted by Gasteiger charge is 2.53. The van der Waals surface area contributed by atoms with Crippen LogP contribution in [0.5, 0.6) is 0 Å². The van der Waals surface area contributed by atoms with Crippen molar-refractivity contribution in [3.8, 4) is 0 Å². The second-order valence-corrected chi connectivity index (χ2v) is 43.8. The molecule has 8 aromatic carbocycles. The number of nitrogens with zero attached hydrogens (tertiary/aromatic N) is 2. The number of H-pyrrole nitrogens is 2. The quantitative estimate of drug-likeness (QED) is 0.159. The van der Waals surface area contributed by atoms with E-state index in [1.165, 1.54) is 178 Å². The molecule has 12 aliphatic carbocycles. The van der Waals surface area contributed by atoms with Gasteiger partial charge in [0, 0.05) is 69.4 Å². The SMILES string of the molecule is CC(C)(C)c1ccc2c(c1)[C@H]1C3=C(c4cc5[nH]c(cc6nc(cc7[nH]c(cc3n4)c3c7[C@H]4c7ccc(C(C)(C)C)cc7[C@@H]3c3ccc(C(C)(C)C)cc34)C3=C6[C@H]4c6ccc(C(C)(C)C)cc6[C@@H]3c3ccc(C(C)(C)C)cc34)c3c5[C@H]4c5ccc(C(C)(C)C)cc5[C@@H]3c3ccc(C(C)(C)C)cc34)[C@@H]2c2cc(C(C)(C)C)ccc21. The molecule has 0 fully saturated rings. The summed E-state index contributed by atoms with van der Waals surface area (Å²) in [5.74, 6) is -0.464. The van der Waals surface area contributed by atoms with Crippen LogP contribution in [0.1, 0.15) is 392 Å². The van der Waals surface area contributed by atoms with E-state index in [1.807, 2.05) is 0 Å². The molecule has 0 unspecified atom stereocenters. The zero-order chi connectivity index (χ0) is 78.3. The summed E-state index contributed by atoms with van der Waals surface area (Å²) >= 11 is 0. The van der Waals surface area contributed by atoms with Crippen LogP contribution >= 0.6 is 0 Å². The zero-order valence-corrected chi connectivity index (χ0v) is 70.7. The molecule has 25 rings (SSSR count). The first-order chi connectivity index (χ1) is 52.6. The molecule has 112 heavy (non-hydrogen) atoms. The summed E-state index contributed by atoms with van der Waals surface area (Å²) in [6, 6.07) is 71.0. The van der Waals surface area contributed by atoms with Crippen LogP contribution in [-0.2, 0) is 43.3 Å². The molecule has 0 radical (unpaired) electrons. The fourth-order valence-electron chi connectivity index (χ4n) is 22.4. The molecule has 16 bridgehead atoms. The van der Waals surface area contributed by atoms with Gasteiger partial charge in [0.25, 0.3) is 0 Å². The lowest BCUT2D eigenvalue weighted by atomic mass is 9.59. The minimum Gasteiger partial charge on any atom is -0.355 e. The Labute approximate surface area is 665 Å². The first-order valence-corrected chi connectivity index (χ1v) is 42.0. The molecule has 14 aliphatic rings. The summed E-state index contributed by atoms with van der Waals surface area (Å²) in [5, 5.41) is 0. The van der Waals surface area contributed by atoms with Crippen molar-refractivity contribution in [2.24, 2.45) is 0 Å². The molecule has 11 aromatic rings. The van der Waals surface area contributed by atoms with Crippen molar-refractivity contribution in [1.82, 2.24) is 19.9 Å². The summed E-state index contributed by atoms with van der Waals surface area (Å²) in [5.41, 5.74) is 52.8. The van der Waals surface area contributed by atoms with Gasteiger partial charge in [-0.2, -0.15) is 0 Å². The topological polar surface area (TPSA) is 57.4 Å². The Morgan fingerprint density at radius 1 is 0.179 bits per heavy atom. The number of allylic oxidation sites excluding steroid dienone is 4. The standard InChI is InChI=1S/C108H110N4/c1-101(2,3)53-25-33-61-69(41-53)85-62-34-26-54(102(4,5)6)42-70(62)86(61)94-78-50-80-96-88-65-37-29-58(106(16,17)18)46-74(65)90(66-38-30-57(45-73(66)88)105(13,14)15)98(96)82(111-80)52-84-100-92-68-40-32-59(107(19,20)21)47-75(68)91(67-39-31-60(48-76(67)92)108(22,23)24)99(100)83(112-84)51-81-97-89-64-36-28-55(103(7,8)9)43-71(64)87(63-35-27-56(44-72(63)89)104(10,11)12)95(97)79(110-81)49-77(109-78)93(85)94/h25-52,85-92,109,112H,1-24H3/t85-,86-,87-,88-,89-,90-,91-,92-/m0/s1. The van der Waals surface area contributed by atoms with E-state index >= 15 is 0 Å². The third-order valence-electron chi connectivity index (χ3n) is 28.5. The Balaban J connectivity index is 0.945. The van der Waals surface area contributed by atoms with Gasteiger partial charge in [-0.1, -0.05) is 312 Å². The fraction of sp³-hybridized carbons (Fsp3) is 0.370. The summed E-state index contributed by atoms with van der Waals surface area (Å²) < 4.78 is 0. The van der Waals surface area contributed by atoms with Crippen molar-refractivity contribution in [3.05, 3.63) is 348 Å². The molecule has 562 valence electrons. The number of fused-ring (bicyclic) bond motifs is 8. The van der Waals surface area contributed by atoms with E-state index in [0.29, 0.717) is 0 Å². The van der Waals surface area contributed by atoms with Gasteiger partial charge in [-0.15, -0.1) is 0 Å². The van der Waals surface area contributed by atoms with Gasteiger partial charge < -0.3 is 9.97 Å². The van der Waals surface area contributed by atoms with Crippen LogP contribution < -0.4 is 0 Å². The molecule has 3 aromatic heterocycles. The molecule has 2 aliphatic heterocycles. The normalized spacial score (nSPS) is 21.1. The van der Waals surface area contributed by atoms with Crippen LogP contribution in [0.3, 0.4) is 0 Å². The van der Waals surface area contributed by atoms with Gasteiger partial charge in [-0.25, -0.2) is 9.97 Å². The van der Waals surface area contributed by atoms with Gasteiger partial charge in [0.05, 0.1) is 22.8 Å². The number of hydrogen-bond acceptors (Lipinski definition) is 2. The summed E-state index contributed by atoms with van der Waals surface area (Å²) in [4.78, 5) is 21.9. The van der Waals surface area contributed by atoms with Gasteiger partial charge in [-0.05, 0) is 246 Å². The van der Waals surface area contributed by atoms with E-state index in [1.54, 1.807) is 0 Å². The van der Waals surface area contributed by atoms with Crippen LogP contribution in [0.4, 0.5) is 0 Å². The van der Waals surface area contributed by atoms with Gasteiger partial charge in [0.1, 0.15) is 0 Å². The number of rotatable bonds is 0. The number of aromatic nitrogens is 4. The van der Waals surface area contributed by atoms with E-state index in [9.17, 15) is 0 Å². The average Bonchev–Trinajstić information content (AvgIpc) is 1.46. The lowest BCUT2D eigenvalue weighted by Crippen LogP contribution is -2.28. The summed E-state index contributed by atoms with van der Waals surface area (Å²) in [6.45, 7) is 57.2. The molecule has 5 heterocycles. The van der Waals surface area contributed by atoms with Crippen molar-refractivity contribution in [2.45, 2.75) is 257 Å². The first kappa shape index (κ1) is 70.2. The lowest BCUT2D eigenvalue weighted by Gasteiger charge is -2.43. The van der Waals surface area contributed by atoms with Gasteiger partial charge in [0.2, 0.25) is 0 Å².